The Morgan fingerprint density at radius 1 is 1.07 bits per heavy atom. The Hall–Kier alpha value is -4.09. The van der Waals surface area contributed by atoms with Crippen molar-refractivity contribution >= 4 is 27.6 Å². The summed E-state index contributed by atoms with van der Waals surface area (Å²) in [5.74, 6) is -1.56. The number of phenols is 1. The average Bonchev–Trinajstić information content (AvgIpc) is 3.54. The number of carbonyl (C=O) groups excluding carboxylic acids is 3. The Balaban J connectivity index is 1.37. The second kappa shape index (κ2) is 11.9. The van der Waals surface area contributed by atoms with Crippen molar-refractivity contribution in [2.75, 3.05) is 13.1 Å². The van der Waals surface area contributed by atoms with Gasteiger partial charge in [-0.3, -0.25) is 19.4 Å². The van der Waals surface area contributed by atoms with Gasteiger partial charge < -0.3 is 15.3 Å². The summed E-state index contributed by atoms with van der Waals surface area (Å²) >= 11 is 0. The van der Waals surface area contributed by atoms with Crippen LogP contribution in [0.4, 0.5) is 0 Å². The number of nitrogens with one attached hydrogen (secondary N) is 1. The summed E-state index contributed by atoms with van der Waals surface area (Å²) in [7, 11) is -3.86. The van der Waals surface area contributed by atoms with Crippen LogP contribution in [0.3, 0.4) is 0 Å². The molecule has 10 nitrogen and oxygen atoms in total. The molecule has 2 aliphatic rings. The number of aromatic hydroxyl groups is 1. The second-order valence-electron chi connectivity index (χ2n) is 12.2. The molecule has 0 spiro atoms. The summed E-state index contributed by atoms with van der Waals surface area (Å²) < 4.78 is 27.9. The lowest BCUT2D eigenvalue weighted by Crippen LogP contribution is -2.53. The van der Waals surface area contributed by atoms with Crippen LogP contribution in [0.2, 0.25) is 0 Å². The molecule has 2 N–H and O–H groups in total. The second-order valence-corrected chi connectivity index (χ2v) is 14.1. The summed E-state index contributed by atoms with van der Waals surface area (Å²) in [5.41, 5.74) is 2.47. The number of rotatable bonds is 8. The molecule has 43 heavy (non-hydrogen) atoms. The lowest BCUT2D eigenvalue weighted by Gasteiger charge is -2.28. The van der Waals surface area contributed by atoms with Gasteiger partial charge in [0.05, 0.1) is 18.3 Å². The van der Waals surface area contributed by atoms with E-state index in [0.29, 0.717) is 23.1 Å². The van der Waals surface area contributed by atoms with E-state index in [2.05, 4.69) is 31.1 Å². The Morgan fingerprint density at radius 2 is 1.79 bits per heavy atom. The molecule has 11 heteroatoms. The number of hydrogen-bond donors (Lipinski definition) is 2. The van der Waals surface area contributed by atoms with Crippen LogP contribution in [0.5, 0.6) is 5.75 Å². The predicted molar refractivity (Wildman–Crippen MR) is 161 cm³/mol. The average molecular weight is 605 g/mol. The van der Waals surface area contributed by atoms with Crippen molar-refractivity contribution in [3.05, 3.63) is 95.3 Å². The number of carbonyl (C=O) groups is 3. The molecule has 3 heterocycles. The minimum atomic E-state index is -3.86. The SMILES string of the molecule is CC(C)(C)c1ccc(C(=O)NC(Cc2cccc(O)c2)C(=O)N2CCC3C2C(=O)CN3S(=O)(=O)Cc2cccnc2)cc1. The van der Waals surface area contributed by atoms with Crippen LogP contribution >= 0.6 is 0 Å². The first-order valence-corrected chi connectivity index (χ1v) is 15.9. The van der Waals surface area contributed by atoms with Gasteiger partial charge in [0.25, 0.3) is 5.91 Å². The van der Waals surface area contributed by atoms with E-state index >= 15 is 0 Å². The normalized spacial score (nSPS) is 19.7. The first-order valence-electron chi connectivity index (χ1n) is 14.2. The number of pyridine rings is 1. The van der Waals surface area contributed by atoms with Gasteiger partial charge in [0.15, 0.2) is 5.78 Å². The molecule has 0 saturated carbocycles. The van der Waals surface area contributed by atoms with E-state index in [4.69, 9.17) is 0 Å². The molecule has 3 aromatic rings. The van der Waals surface area contributed by atoms with Gasteiger partial charge in [0.2, 0.25) is 15.9 Å². The number of likely N-dealkylation sites (tertiary alicyclic amines) is 1. The van der Waals surface area contributed by atoms with E-state index in [1.807, 2.05) is 12.1 Å². The van der Waals surface area contributed by atoms with E-state index < -0.39 is 40.0 Å². The molecule has 2 fully saturated rings. The maximum absolute atomic E-state index is 14.0. The van der Waals surface area contributed by atoms with Crippen LogP contribution in [0.25, 0.3) is 0 Å². The van der Waals surface area contributed by atoms with Gasteiger partial charge in [-0.2, -0.15) is 4.31 Å². The number of aromatic nitrogens is 1. The number of nitrogens with zero attached hydrogens (tertiary/aromatic N) is 3. The van der Waals surface area contributed by atoms with Gasteiger partial charge in [-0.05, 0) is 58.9 Å². The number of benzene rings is 2. The van der Waals surface area contributed by atoms with E-state index in [1.165, 1.54) is 27.5 Å². The molecular formula is C32H36N4O6S. The van der Waals surface area contributed by atoms with Crippen molar-refractivity contribution in [2.45, 2.75) is 62.9 Å². The van der Waals surface area contributed by atoms with Crippen molar-refractivity contribution in [3.63, 3.8) is 0 Å². The van der Waals surface area contributed by atoms with Crippen LogP contribution in [0, 0.1) is 0 Å². The van der Waals surface area contributed by atoms with Gasteiger partial charge >= 0.3 is 0 Å². The molecule has 2 saturated heterocycles. The Kier molecular flexibility index (Phi) is 8.40. The van der Waals surface area contributed by atoms with Crippen LogP contribution in [-0.4, -0.2) is 76.5 Å². The fourth-order valence-electron chi connectivity index (χ4n) is 5.84. The molecule has 0 radical (unpaired) electrons. The topological polar surface area (TPSA) is 137 Å². The zero-order valence-electron chi connectivity index (χ0n) is 24.4. The van der Waals surface area contributed by atoms with Crippen molar-refractivity contribution in [2.24, 2.45) is 0 Å². The summed E-state index contributed by atoms with van der Waals surface area (Å²) in [6.45, 7) is 6.08. The van der Waals surface area contributed by atoms with Crippen LogP contribution in [0.15, 0.2) is 73.1 Å². The van der Waals surface area contributed by atoms with Gasteiger partial charge in [-0.1, -0.05) is 51.1 Å². The number of sulfonamides is 1. The summed E-state index contributed by atoms with van der Waals surface area (Å²) in [4.78, 5) is 46.0. The highest BCUT2D eigenvalue weighted by Crippen LogP contribution is 2.33. The van der Waals surface area contributed by atoms with E-state index in [9.17, 15) is 27.9 Å². The van der Waals surface area contributed by atoms with E-state index in [0.717, 1.165) is 5.56 Å². The molecule has 3 unspecified atom stereocenters. The molecular weight excluding hydrogens is 568 g/mol. The smallest absolute Gasteiger partial charge is 0.251 e. The quantitative estimate of drug-likeness (QED) is 0.404. The minimum absolute atomic E-state index is 0.0227. The number of Topliss-reactive ketones (excluding diaryl/α,β-unsaturated/α-hetero) is 1. The first-order chi connectivity index (χ1) is 20.3. The highest BCUT2D eigenvalue weighted by atomic mass is 32.2. The monoisotopic (exact) mass is 604 g/mol. The number of ketones is 1. The highest BCUT2D eigenvalue weighted by molar-refractivity contribution is 7.88. The Bertz CT molecular complexity index is 1620. The molecule has 3 atom stereocenters. The first kappa shape index (κ1) is 30.4. The van der Waals surface area contributed by atoms with Crippen LogP contribution in [0.1, 0.15) is 54.2 Å². The largest absolute Gasteiger partial charge is 0.508 e. The Labute approximate surface area is 251 Å². The number of amides is 2. The standard InChI is InChI=1S/C32H36N4O6S/c1-32(2,3)24-11-9-23(10-12-24)30(39)34-26(17-21-6-4-8-25(37)16-21)31(40)35-15-13-27-29(35)28(38)19-36(27)43(41,42)20-22-7-5-14-33-18-22/h4-12,14,16,18,26-27,29,37H,13,15,17,19-20H2,1-3H3,(H,34,39). The maximum atomic E-state index is 14.0. The van der Waals surface area contributed by atoms with Crippen molar-refractivity contribution in [1.82, 2.24) is 19.5 Å². The molecule has 0 bridgehead atoms. The van der Waals surface area contributed by atoms with Crippen molar-refractivity contribution < 1.29 is 27.9 Å². The van der Waals surface area contributed by atoms with Gasteiger partial charge in [0, 0.05) is 30.9 Å². The lowest BCUT2D eigenvalue weighted by molar-refractivity contribution is -0.138. The molecule has 5 rings (SSSR count). The molecule has 226 valence electrons. The summed E-state index contributed by atoms with van der Waals surface area (Å²) in [6.07, 6.45) is 3.40. The summed E-state index contributed by atoms with van der Waals surface area (Å²) in [6, 6.07) is 14.2. The molecule has 0 aliphatic carbocycles. The van der Waals surface area contributed by atoms with E-state index in [1.54, 1.807) is 42.6 Å². The number of phenolic OH excluding ortho intramolecular Hbond substituents is 1. The third-order valence-electron chi connectivity index (χ3n) is 8.06. The predicted octanol–water partition coefficient (Wildman–Crippen LogP) is 2.81. The van der Waals surface area contributed by atoms with Gasteiger partial charge in [-0.15, -0.1) is 0 Å². The maximum Gasteiger partial charge on any atom is 0.251 e. The third-order valence-corrected chi connectivity index (χ3v) is 9.87. The van der Waals surface area contributed by atoms with Crippen LogP contribution in [-0.2, 0) is 37.2 Å². The fourth-order valence-corrected chi connectivity index (χ4v) is 7.56. The lowest BCUT2D eigenvalue weighted by atomic mass is 9.86. The van der Waals surface area contributed by atoms with Gasteiger partial charge in [-0.25, -0.2) is 8.42 Å². The molecule has 2 aliphatic heterocycles. The highest BCUT2D eigenvalue weighted by Gasteiger charge is 2.54. The van der Waals surface area contributed by atoms with Crippen molar-refractivity contribution in [3.8, 4) is 5.75 Å². The third kappa shape index (κ3) is 6.62. The summed E-state index contributed by atoms with van der Waals surface area (Å²) in [5, 5.41) is 12.8. The number of hydrogen-bond acceptors (Lipinski definition) is 7. The fraction of sp³-hybridized carbons (Fsp3) is 0.375. The molecule has 2 amide bonds. The minimum Gasteiger partial charge on any atom is -0.508 e. The van der Waals surface area contributed by atoms with Crippen LogP contribution < -0.4 is 5.32 Å². The zero-order valence-corrected chi connectivity index (χ0v) is 25.3. The van der Waals surface area contributed by atoms with E-state index in [-0.39, 0.29) is 42.2 Å². The zero-order chi connectivity index (χ0) is 30.9. The Morgan fingerprint density at radius 3 is 2.44 bits per heavy atom. The molecule has 1 aromatic heterocycles. The number of fused-ring (bicyclic) bond motifs is 1. The van der Waals surface area contributed by atoms with Gasteiger partial charge in [0.1, 0.15) is 17.8 Å². The van der Waals surface area contributed by atoms with Crippen molar-refractivity contribution in [1.29, 1.82) is 0 Å². The molecule has 2 aromatic carbocycles.